The van der Waals surface area contributed by atoms with Crippen LogP contribution in [0.15, 0.2) is 42.6 Å². The number of rotatable bonds is 2. The van der Waals surface area contributed by atoms with E-state index >= 15 is 0 Å². The zero-order chi connectivity index (χ0) is 14.8. The molecule has 0 spiro atoms. The number of urea groups is 1. The molecule has 7 heteroatoms. The number of nitrogens with one attached hydrogen (secondary N) is 2. The van der Waals surface area contributed by atoms with Gasteiger partial charge >= 0.3 is 6.03 Å². The Hall–Kier alpha value is -3.09. The monoisotopic (exact) mass is 283 g/mol. The van der Waals surface area contributed by atoms with Crippen LogP contribution in [0.1, 0.15) is 5.56 Å². The van der Waals surface area contributed by atoms with E-state index < -0.39 is 6.03 Å². The maximum atomic E-state index is 12.0. The molecule has 1 aromatic carbocycles. The van der Waals surface area contributed by atoms with Crippen molar-refractivity contribution in [1.82, 2.24) is 14.6 Å². The number of carbonyl (C=O) groups is 1. The lowest BCUT2D eigenvalue weighted by molar-refractivity contribution is 0.262. The van der Waals surface area contributed by atoms with Crippen LogP contribution in [-0.2, 0) is 0 Å². The molecule has 0 aliphatic heterocycles. The molecule has 0 atom stereocenters. The summed E-state index contributed by atoms with van der Waals surface area (Å²) in [5.74, 6) is 0.487. The van der Waals surface area contributed by atoms with Crippen LogP contribution in [0.4, 0.5) is 16.4 Å². The van der Waals surface area contributed by atoms with Crippen LogP contribution in [0.5, 0.6) is 5.75 Å². The third-order valence-corrected chi connectivity index (χ3v) is 3.00. The lowest BCUT2D eigenvalue weighted by Crippen LogP contribution is -2.21. The summed E-state index contributed by atoms with van der Waals surface area (Å²) in [6.07, 6.45) is 1.76. The molecule has 0 saturated carbocycles. The van der Waals surface area contributed by atoms with Crippen LogP contribution in [-0.4, -0.2) is 25.7 Å². The third kappa shape index (κ3) is 2.62. The lowest BCUT2D eigenvalue weighted by atomic mass is 10.2. The van der Waals surface area contributed by atoms with Crippen LogP contribution in [0.3, 0.4) is 0 Å². The molecule has 0 fully saturated rings. The van der Waals surface area contributed by atoms with Gasteiger partial charge in [-0.25, -0.2) is 4.79 Å². The second-order valence-electron chi connectivity index (χ2n) is 4.53. The number of fused-ring (bicyclic) bond motifs is 1. The summed E-state index contributed by atoms with van der Waals surface area (Å²) in [6, 6.07) is 9.74. The summed E-state index contributed by atoms with van der Waals surface area (Å²) in [4.78, 5) is 12.0. The smallest absolute Gasteiger partial charge is 0.326 e. The molecule has 7 nitrogen and oxygen atoms in total. The molecule has 0 aliphatic rings. The highest BCUT2D eigenvalue weighted by atomic mass is 16.3. The van der Waals surface area contributed by atoms with Gasteiger partial charge in [-0.15, -0.1) is 10.2 Å². The van der Waals surface area contributed by atoms with Gasteiger partial charge in [0.25, 0.3) is 0 Å². The average molecular weight is 283 g/mol. The molecule has 3 N–H and O–H groups in total. The van der Waals surface area contributed by atoms with Crippen LogP contribution < -0.4 is 10.6 Å². The van der Waals surface area contributed by atoms with Crippen LogP contribution >= 0.6 is 0 Å². The van der Waals surface area contributed by atoms with Gasteiger partial charge in [-0.1, -0.05) is 6.07 Å². The molecular weight excluding hydrogens is 270 g/mol. The average Bonchev–Trinajstić information content (AvgIpc) is 2.85. The van der Waals surface area contributed by atoms with Gasteiger partial charge in [0, 0.05) is 11.9 Å². The summed E-state index contributed by atoms with van der Waals surface area (Å²) < 4.78 is 1.67. The van der Waals surface area contributed by atoms with Crippen molar-refractivity contribution in [3.05, 3.63) is 48.2 Å². The first-order valence-corrected chi connectivity index (χ1v) is 6.31. The predicted octanol–water partition coefficient (Wildman–Crippen LogP) is 2.39. The van der Waals surface area contributed by atoms with Crippen LogP contribution in [0, 0.1) is 6.92 Å². The van der Waals surface area contributed by atoms with Crippen LogP contribution in [0.25, 0.3) is 5.65 Å². The van der Waals surface area contributed by atoms with Crippen LogP contribution in [0.2, 0.25) is 0 Å². The van der Waals surface area contributed by atoms with Gasteiger partial charge in [0.15, 0.2) is 5.65 Å². The number of benzene rings is 1. The Bertz CT molecular complexity index is 812. The number of hydrogen-bond acceptors (Lipinski definition) is 4. The van der Waals surface area contributed by atoms with Crippen molar-refractivity contribution in [1.29, 1.82) is 0 Å². The molecule has 0 radical (unpaired) electrons. The van der Waals surface area contributed by atoms with E-state index in [-0.39, 0.29) is 5.75 Å². The molecule has 2 aromatic heterocycles. The van der Waals surface area contributed by atoms with Gasteiger partial charge in [-0.05, 0) is 42.8 Å². The van der Waals surface area contributed by atoms with Crippen molar-refractivity contribution < 1.29 is 9.90 Å². The Kier molecular flexibility index (Phi) is 3.15. The zero-order valence-corrected chi connectivity index (χ0v) is 11.2. The SMILES string of the molecule is Cc1cc(O)ccc1NC(=O)Nc1nnc2ccccn12. The highest BCUT2D eigenvalue weighted by Gasteiger charge is 2.10. The lowest BCUT2D eigenvalue weighted by Gasteiger charge is -2.09. The molecule has 3 rings (SSSR count). The number of pyridine rings is 1. The van der Waals surface area contributed by atoms with Gasteiger partial charge in [0.2, 0.25) is 5.95 Å². The fraction of sp³-hybridized carbons (Fsp3) is 0.0714. The maximum Gasteiger partial charge on any atom is 0.326 e. The molecule has 2 heterocycles. The molecule has 0 unspecified atom stereocenters. The normalized spacial score (nSPS) is 10.5. The number of nitrogens with zero attached hydrogens (tertiary/aromatic N) is 3. The van der Waals surface area contributed by atoms with Crippen molar-refractivity contribution >= 4 is 23.3 Å². The Balaban J connectivity index is 1.77. The first-order chi connectivity index (χ1) is 10.1. The van der Waals surface area contributed by atoms with Crippen molar-refractivity contribution in [2.45, 2.75) is 6.92 Å². The van der Waals surface area contributed by atoms with E-state index in [2.05, 4.69) is 20.8 Å². The Morgan fingerprint density at radius 2 is 2.05 bits per heavy atom. The highest BCUT2D eigenvalue weighted by molar-refractivity contribution is 5.99. The van der Waals surface area contributed by atoms with Gasteiger partial charge in [0.05, 0.1) is 0 Å². The molecule has 106 valence electrons. The van der Waals surface area contributed by atoms with E-state index in [1.165, 1.54) is 6.07 Å². The second-order valence-corrected chi connectivity index (χ2v) is 4.53. The molecule has 21 heavy (non-hydrogen) atoms. The quantitative estimate of drug-likeness (QED) is 0.630. The molecule has 3 aromatic rings. The van der Waals surface area contributed by atoms with E-state index in [0.29, 0.717) is 17.3 Å². The first kappa shape index (κ1) is 12.9. The number of hydrogen-bond donors (Lipinski definition) is 3. The highest BCUT2D eigenvalue weighted by Crippen LogP contribution is 2.20. The summed E-state index contributed by atoms with van der Waals surface area (Å²) >= 11 is 0. The minimum atomic E-state index is -0.429. The first-order valence-electron chi connectivity index (χ1n) is 6.31. The molecule has 0 bridgehead atoms. The summed E-state index contributed by atoms with van der Waals surface area (Å²) in [5.41, 5.74) is 2.02. The Morgan fingerprint density at radius 3 is 2.86 bits per heavy atom. The van der Waals surface area contributed by atoms with Crippen molar-refractivity contribution in [3.8, 4) is 5.75 Å². The van der Waals surface area contributed by atoms with E-state index in [9.17, 15) is 9.90 Å². The number of phenolic OH excluding ortho intramolecular Hbond substituents is 1. The number of phenols is 1. The molecule has 0 aliphatic carbocycles. The largest absolute Gasteiger partial charge is 0.508 e. The van der Waals surface area contributed by atoms with E-state index in [1.54, 1.807) is 35.7 Å². The Morgan fingerprint density at radius 1 is 1.19 bits per heavy atom. The fourth-order valence-corrected chi connectivity index (χ4v) is 1.97. The van der Waals surface area contributed by atoms with Crippen molar-refractivity contribution in [2.24, 2.45) is 0 Å². The predicted molar refractivity (Wildman–Crippen MR) is 78.5 cm³/mol. The molecule has 2 amide bonds. The number of amides is 2. The third-order valence-electron chi connectivity index (χ3n) is 3.00. The molecular formula is C14H13N5O2. The second kappa shape index (κ2) is 5.12. The summed E-state index contributed by atoms with van der Waals surface area (Å²) in [5, 5.41) is 22.5. The van der Waals surface area contributed by atoms with Crippen molar-refractivity contribution in [3.63, 3.8) is 0 Å². The van der Waals surface area contributed by atoms with Crippen molar-refractivity contribution in [2.75, 3.05) is 10.6 Å². The zero-order valence-electron chi connectivity index (χ0n) is 11.2. The summed E-state index contributed by atoms with van der Waals surface area (Å²) in [7, 11) is 0. The van der Waals surface area contributed by atoms with E-state index in [1.807, 2.05) is 12.1 Å². The van der Waals surface area contributed by atoms with Gasteiger partial charge in [-0.3, -0.25) is 9.72 Å². The number of aromatic nitrogens is 3. The topological polar surface area (TPSA) is 91.5 Å². The summed E-state index contributed by atoms with van der Waals surface area (Å²) in [6.45, 7) is 1.79. The number of aryl methyl sites for hydroxylation is 1. The Labute approximate surface area is 120 Å². The molecule has 0 saturated heterocycles. The van der Waals surface area contributed by atoms with Gasteiger partial charge in [0.1, 0.15) is 5.75 Å². The minimum absolute atomic E-state index is 0.155. The minimum Gasteiger partial charge on any atom is -0.508 e. The van der Waals surface area contributed by atoms with Gasteiger partial charge < -0.3 is 10.4 Å². The maximum absolute atomic E-state index is 12.0. The standard InChI is InChI=1S/C14H13N5O2/c1-9-8-10(20)5-6-11(9)15-14(21)16-13-18-17-12-4-2-3-7-19(12)13/h2-8,20H,1H3,(H2,15,16,18,21). The van der Waals surface area contributed by atoms with E-state index in [4.69, 9.17) is 0 Å². The fourth-order valence-electron chi connectivity index (χ4n) is 1.97. The number of aromatic hydroxyl groups is 1. The number of anilines is 2. The van der Waals surface area contributed by atoms with E-state index in [0.717, 1.165) is 5.56 Å². The number of carbonyl (C=O) groups excluding carboxylic acids is 1. The van der Waals surface area contributed by atoms with Gasteiger partial charge in [-0.2, -0.15) is 0 Å².